The summed E-state index contributed by atoms with van der Waals surface area (Å²) in [6.07, 6.45) is 0. The van der Waals surface area contributed by atoms with Crippen LogP contribution in [0.4, 0.5) is 5.69 Å². The topological polar surface area (TPSA) is 88.0 Å². The maximum Gasteiger partial charge on any atom is 0.234 e. The van der Waals surface area contributed by atoms with E-state index in [1.807, 2.05) is 0 Å². The number of rotatable bonds is 6. The van der Waals surface area contributed by atoms with Crippen molar-refractivity contribution < 1.29 is 18.4 Å². The Labute approximate surface area is 106 Å². The molecule has 6 nitrogen and oxygen atoms in total. The van der Waals surface area contributed by atoms with Gasteiger partial charge in [-0.3, -0.25) is 4.72 Å². The van der Waals surface area contributed by atoms with Gasteiger partial charge in [0.25, 0.3) is 0 Å². The molecule has 0 radical (unpaired) electrons. The van der Waals surface area contributed by atoms with Gasteiger partial charge in [0, 0.05) is 18.4 Å². The Hall–Kier alpha value is -1.60. The summed E-state index contributed by atoms with van der Waals surface area (Å²) in [6, 6.07) is 6.62. The number of hydrogen-bond donors (Lipinski definition) is 2. The van der Waals surface area contributed by atoms with Crippen LogP contribution in [0.25, 0.3) is 0 Å². The SMILES string of the molecule is COCCS(=O)(=O)Nc1cccc(/C(C)=N/O)c1. The fourth-order valence-electron chi connectivity index (χ4n) is 1.29. The van der Waals surface area contributed by atoms with Crippen molar-refractivity contribution in [2.75, 3.05) is 24.2 Å². The van der Waals surface area contributed by atoms with Gasteiger partial charge in [-0.1, -0.05) is 17.3 Å². The summed E-state index contributed by atoms with van der Waals surface area (Å²) >= 11 is 0. The number of sulfonamides is 1. The second-order valence-electron chi connectivity index (χ2n) is 3.68. The van der Waals surface area contributed by atoms with Crippen molar-refractivity contribution in [2.45, 2.75) is 6.92 Å². The van der Waals surface area contributed by atoms with Crippen LogP contribution in [0, 0.1) is 0 Å². The molecule has 1 aromatic rings. The lowest BCUT2D eigenvalue weighted by Crippen LogP contribution is -2.19. The molecule has 0 fully saturated rings. The average Bonchev–Trinajstić information content (AvgIpc) is 2.35. The van der Waals surface area contributed by atoms with Crippen LogP contribution in [0.1, 0.15) is 12.5 Å². The number of ether oxygens (including phenoxy) is 1. The first-order valence-corrected chi connectivity index (χ1v) is 6.92. The molecule has 0 aliphatic rings. The minimum absolute atomic E-state index is 0.110. The molecule has 0 saturated carbocycles. The molecular weight excluding hydrogens is 256 g/mol. The fraction of sp³-hybridized carbons (Fsp3) is 0.364. The van der Waals surface area contributed by atoms with Crippen molar-refractivity contribution in [3.05, 3.63) is 29.8 Å². The highest BCUT2D eigenvalue weighted by Gasteiger charge is 2.10. The highest BCUT2D eigenvalue weighted by molar-refractivity contribution is 7.92. The first-order valence-electron chi connectivity index (χ1n) is 5.27. The molecule has 0 aliphatic heterocycles. The summed E-state index contributed by atoms with van der Waals surface area (Å²) in [4.78, 5) is 0. The first kappa shape index (κ1) is 14.5. The van der Waals surface area contributed by atoms with E-state index in [0.29, 0.717) is 17.0 Å². The molecule has 0 bridgehead atoms. The predicted octanol–water partition coefficient (Wildman–Crippen LogP) is 1.27. The van der Waals surface area contributed by atoms with Crippen LogP contribution in [-0.4, -0.2) is 38.8 Å². The largest absolute Gasteiger partial charge is 0.411 e. The summed E-state index contributed by atoms with van der Waals surface area (Å²) in [5.41, 5.74) is 1.48. The van der Waals surface area contributed by atoms with Crippen LogP contribution in [0.15, 0.2) is 29.4 Å². The Morgan fingerprint density at radius 2 is 2.22 bits per heavy atom. The molecule has 100 valence electrons. The minimum Gasteiger partial charge on any atom is -0.411 e. The predicted molar refractivity (Wildman–Crippen MR) is 69.7 cm³/mol. The molecule has 0 amide bonds. The Kier molecular flexibility index (Phi) is 5.11. The number of nitrogens with zero attached hydrogens (tertiary/aromatic N) is 1. The molecule has 0 aromatic heterocycles. The van der Waals surface area contributed by atoms with E-state index in [2.05, 4.69) is 9.88 Å². The molecular formula is C11H16N2O4S. The Bertz CT molecular complexity index is 526. The maximum absolute atomic E-state index is 11.6. The summed E-state index contributed by atoms with van der Waals surface area (Å²) < 4.78 is 30.4. The van der Waals surface area contributed by atoms with E-state index in [9.17, 15) is 8.42 Å². The summed E-state index contributed by atoms with van der Waals surface area (Å²) in [5, 5.41) is 11.7. The second-order valence-corrected chi connectivity index (χ2v) is 5.52. The smallest absolute Gasteiger partial charge is 0.234 e. The van der Waals surface area contributed by atoms with Gasteiger partial charge < -0.3 is 9.94 Å². The van der Waals surface area contributed by atoms with Gasteiger partial charge in [-0.2, -0.15) is 0 Å². The molecule has 0 atom stereocenters. The zero-order valence-corrected chi connectivity index (χ0v) is 11.1. The Balaban J connectivity index is 2.86. The van der Waals surface area contributed by atoms with Crippen molar-refractivity contribution in [1.82, 2.24) is 0 Å². The van der Waals surface area contributed by atoms with E-state index in [1.54, 1.807) is 31.2 Å². The van der Waals surface area contributed by atoms with Gasteiger partial charge in [-0.25, -0.2) is 8.42 Å². The molecule has 2 N–H and O–H groups in total. The zero-order valence-electron chi connectivity index (χ0n) is 10.3. The zero-order chi connectivity index (χ0) is 13.6. The molecule has 0 aliphatic carbocycles. The number of methoxy groups -OCH3 is 1. The summed E-state index contributed by atoms with van der Waals surface area (Å²) in [6.45, 7) is 1.75. The number of hydrogen-bond acceptors (Lipinski definition) is 5. The van der Waals surface area contributed by atoms with Crippen LogP contribution in [0.2, 0.25) is 0 Å². The molecule has 7 heteroatoms. The molecule has 0 heterocycles. The van der Waals surface area contributed by atoms with Gasteiger partial charge in [-0.15, -0.1) is 0 Å². The third-order valence-electron chi connectivity index (χ3n) is 2.26. The molecule has 1 rings (SSSR count). The van der Waals surface area contributed by atoms with Crippen LogP contribution < -0.4 is 4.72 Å². The Morgan fingerprint density at radius 1 is 1.50 bits per heavy atom. The van der Waals surface area contributed by atoms with Crippen molar-refractivity contribution in [1.29, 1.82) is 0 Å². The van der Waals surface area contributed by atoms with Crippen molar-refractivity contribution in [2.24, 2.45) is 5.16 Å². The second kappa shape index (κ2) is 6.36. The lowest BCUT2D eigenvalue weighted by atomic mass is 10.1. The lowest BCUT2D eigenvalue weighted by molar-refractivity contribution is 0.217. The van der Waals surface area contributed by atoms with E-state index < -0.39 is 10.0 Å². The lowest BCUT2D eigenvalue weighted by Gasteiger charge is -2.08. The average molecular weight is 272 g/mol. The monoisotopic (exact) mass is 272 g/mol. The van der Waals surface area contributed by atoms with Crippen molar-refractivity contribution in [3.63, 3.8) is 0 Å². The van der Waals surface area contributed by atoms with Gasteiger partial charge in [0.15, 0.2) is 0 Å². The van der Waals surface area contributed by atoms with E-state index in [-0.39, 0.29) is 12.4 Å². The van der Waals surface area contributed by atoms with Crippen LogP contribution in [0.5, 0.6) is 0 Å². The third-order valence-corrected chi connectivity index (χ3v) is 3.51. The molecule has 1 aromatic carbocycles. The molecule has 18 heavy (non-hydrogen) atoms. The fourth-order valence-corrected chi connectivity index (χ4v) is 2.26. The maximum atomic E-state index is 11.6. The van der Waals surface area contributed by atoms with Crippen LogP contribution in [-0.2, 0) is 14.8 Å². The normalized spacial score (nSPS) is 12.4. The van der Waals surface area contributed by atoms with Crippen LogP contribution in [0.3, 0.4) is 0 Å². The van der Waals surface area contributed by atoms with E-state index in [4.69, 9.17) is 9.94 Å². The van der Waals surface area contributed by atoms with Crippen molar-refractivity contribution >= 4 is 21.4 Å². The van der Waals surface area contributed by atoms with Gasteiger partial charge in [0.05, 0.1) is 18.1 Å². The number of anilines is 1. The summed E-state index contributed by atoms with van der Waals surface area (Å²) in [5.74, 6) is -0.110. The van der Waals surface area contributed by atoms with Gasteiger partial charge in [-0.05, 0) is 19.1 Å². The molecule has 0 spiro atoms. The van der Waals surface area contributed by atoms with Crippen molar-refractivity contribution in [3.8, 4) is 0 Å². The van der Waals surface area contributed by atoms with E-state index in [1.165, 1.54) is 7.11 Å². The van der Waals surface area contributed by atoms with E-state index >= 15 is 0 Å². The summed E-state index contributed by atoms with van der Waals surface area (Å²) in [7, 11) is -1.98. The van der Waals surface area contributed by atoms with Gasteiger partial charge >= 0.3 is 0 Å². The first-order chi connectivity index (χ1) is 8.48. The number of benzene rings is 1. The minimum atomic E-state index is -3.42. The third kappa shape index (κ3) is 4.34. The van der Waals surface area contributed by atoms with Gasteiger partial charge in [0.1, 0.15) is 0 Å². The van der Waals surface area contributed by atoms with Gasteiger partial charge in [0.2, 0.25) is 10.0 Å². The standard InChI is InChI=1S/C11H16N2O4S/c1-9(12-14)10-4-3-5-11(8-10)13-18(15,16)7-6-17-2/h3-5,8,13-14H,6-7H2,1-2H3/b12-9+. The highest BCUT2D eigenvalue weighted by atomic mass is 32.2. The molecule has 0 unspecified atom stereocenters. The number of oxime groups is 1. The quantitative estimate of drug-likeness (QED) is 0.464. The number of nitrogens with one attached hydrogen (secondary N) is 1. The Morgan fingerprint density at radius 3 is 2.83 bits per heavy atom. The molecule has 0 saturated heterocycles. The van der Waals surface area contributed by atoms with Crippen LogP contribution >= 0.6 is 0 Å². The van der Waals surface area contributed by atoms with E-state index in [0.717, 1.165) is 0 Å². The highest BCUT2D eigenvalue weighted by Crippen LogP contribution is 2.13.